The zero-order chi connectivity index (χ0) is 16.2. The van der Waals surface area contributed by atoms with E-state index in [0.717, 1.165) is 0 Å². The maximum Gasteiger partial charge on any atom is 0.265 e. The van der Waals surface area contributed by atoms with Crippen molar-refractivity contribution in [3.8, 4) is 11.5 Å². The quantitative estimate of drug-likeness (QED) is 0.909. The first-order chi connectivity index (χ1) is 11.1. The van der Waals surface area contributed by atoms with Crippen LogP contribution in [0.15, 0.2) is 48.5 Å². The monoisotopic (exact) mass is 312 g/mol. The van der Waals surface area contributed by atoms with E-state index in [2.05, 4.69) is 10.6 Å². The van der Waals surface area contributed by atoms with Crippen LogP contribution in [0.3, 0.4) is 0 Å². The van der Waals surface area contributed by atoms with Crippen molar-refractivity contribution in [2.24, 2.45) is 0 Å². The zero-order valence-corrected chi connectivity index (χ0v) is 12.5. The summed E-state index contributed by atoms with van der Waals surface area (Å²) >= 11 is 0. The highest BCUT2D eigenvalue weighted by Gasteiger charge is 2.23. The molecule has 0 bridgehead atoms. The number of benzene rings is 2. The molecule has 1 atom stereocenters. The molecule has 0 fully saturated rings. The van der Waals surface area contributed by atoms with Crippen molar-refractivity contribution < 1.29 is 19.1 Å². The van der Waals surface area contributed by atoms with Gasteiger partial charge in [0.2, 0.25) is 0 Å². The van der Waals surface area contributed by atoms with Gasteiger partial charge < -0.3 is 20.1 Å². The Balaban J connectivity index is 1.61. The van der Waals surface area contributed by atoms with Crippen LogP contribution in [-0.4, -0.2) is 24.5 Å². The Hall–Kier alpha value is -3.02. The third-order valence-electron chi connectivity index (χ3n) is 3.31. The number of hydrogen-bond donors (Lipinski definition) is 2. The van der Waals surface area contributed by atoms with Crippen molar-refractivity contribution in [2.45, 2.75) is 13.0 Å². The molecule has 1 unspecified atom stereocenters. The lowest BCUT2D eigenvalue weighted by atomic mass is 10.2. The van der Waals surface area contributed by atoms with Crippen LogP contribution < -0.4 is 20.1 Å². The maximum atomic E-state index is 11.9. The molecule has 6 nitrogen and oxygen atoms in total. The number of anilines is 2. The third kappa shape index (κ3) is 3.60. The molecule has 0 saturated carbocycles. The van der Waals surface area contributed by atoms with E-state index in [1.165, 1.54) is 0 Å². The maximum absolute atomic E-state index is 11.9. The standard InChI is InChI=1S/C17H16N2O4/c1-11-17(21)19-14-9-12(7-8-15(14)23-11)18-16(20)10-22-13-5-3-2-4-6-13/h2-9,11H,10H2,1H3,(H,18,20)(H,19,21). The molecule has 0 aromatic heterocycles. The van der Waals surface area contributed by atoms with Crippen LogP contribution in [0.1, 0.15) is 6.92 Å². The normalized spacial score (nSPS) is 15.9. The lowest BCUT2D eigenvalue weighted by Crippen LogP contribution is -2.34. The van der Waals surface area contributed by atoms with Gasteiger partial charge in [0.05, 0.1) is 5.69 Å². The first-order valence-electron chi connectivity index (χ1n) is 7.21. The third-order valence-corrected chi connectivity index (χ3v) is 3.31. The molecule has 0 aliphatic carbocycles. The van der Waals surface area contributed by atoms with Crippen LogP contribution >= 0.6 is 0 Å². The summed E-state index contributed by atoms with van der Waals surface area (Å²) in [5, 5.41) is 5.45. The molecule has 6 heteroatoms. The van der Waals surface area contributed by atoms with Gasteiger partial charge in [-0.3, -0.25) is 9.59 Å². The molecule has 2 amide bonds. The summed E-state index contributed by atoms with van der Waals surface area (Å²) in [6, 6.07) is 14.2. The van der Waals surface area contributed by atoms with Crippen molar-refractivity contribution in [3.05, 3.63) is 48.5 Å². The molecule has 0 saturated heterocycles. The molecular formula is C17H16N2O4. The predicted molar refractivity (Wildman–Crippen MR) is 85.7 cm³/mol. The Kier molecular flexibility index (Phi) is 4.14. The minimum Gasteiger partial charge on any atom is -0.484 e. The van der Waals surface area contributed by atoms with Gasteiger partial charge in [-0.15, -0.1) is 0 Å². The van der Waals surface area contributed by atoms with Crippen molar-refractivity contribution in [2.75, 3.05) is 17.2 Å². The van der Waals surface area contributed by atoms with Gasteiger partial charge in [0.1, 0.15) is 11.5 Å². The minimum absolute atomic E-state index is 0.0962. The topological polar surface area (TPSA) is 76.7 Å². The molecule has 1 aliphatic rings. The van der Waals surface area contributed by atoms with Gasteiger partial charge in [0, 0.05) is 5.69 Å². The van der Waals surface area contributed by atoms with E-state index in [1.807, 2.05) is 18.2 Å². The summed E-state index contributed by atoms with van der Waals surface area (Å²) < 4.78 is 10.8. The van der Waals surface area contributed by atoms with Crippen molar-refractivity contribution in [1.82, 2.24) is 0 Å². The number of hydrogen-bond acceptors (Lipinski definition) is 4. The van der Waals surface area contributed by atoms with Gasteiger partial charge in [-0.05, 0) is 37.3 Å². The lowest BCUT2D eigenvalue weighted by Gasteiger charge is -2.23. The molecule has 2 aromatic rings. The molecule has 0 spiro atoms. The number of carbonyl (C=O) groups is 2. The highest BCUT2D eigenvalue weighted by molar-refractivity contribution is 5.99. The second-order valence-electron chi connectivity index (χ2n) is 5.11. The fraction of sp³-hybridized carbons (Fsp3) is 0.176. The summed E-state index contributed by atoms with van der Waals surface area (Å²) in [7, 11) is 0. The fourth-order valence-corrected chi connectivity index (χ4v) is 2.15. The van der Waals surface area contributed by atoms with E-state index in [1.54, 1.807) is 37.3 Å². The highest BCUT2D eigenvalue weighted by atomic mass is 16.5. The highest BCUT2D eigenvalue weighted by Crippen LogP contribution is 2.32. The van der Waals surface area contributed by atoms with E-state index < -0.39 is 6.10 Å². The van der Waals surface area contributed by atoms with Crippen molar-refractivity contribution in [1.29, 1.82) is 0 Å². The molecule has 1 heterocycles. The second kappa shape index (κ2) is 6.39. The van der Waals surface area contributed by atoms with Crippen LogP contribution in [0.25, 0.3) is 0 Å². The summed E-state index contributed by atoms with van der Waals surface area (Å²) in [5.41, 5.74) is 1.10. The van der Waals surface area contributed by atoms with Crippen molar-refractivity contribution in [3.63, 3.8) is 0 Å². The number of rotatable bonds is 4. The van der Waals surface area contributed by atoms with Gasteiger partial charge >= 0.3 is 0 Å². The molecule has 0 radical (unpaired) electrons. The van der Waals surface area contributed by atoms with Crippen LogP contribution in [0.4, 0.5) is 11.4 Å². The molecule has 1 aliphatic heterocycles. The summed E-state index contributed by atoms with van der Waals surface area (Å²) in [5.74, 6) is 0.706. The minimum atomic E-state index is -0.526. The van der Waals surface area contributed by atoms with E-state index in [0.29, 0.717) is 22.9 Å². The molecule has 2 N–H and O–H groups in total. The fourth-order valence-electron chi connectivity index (χ4n) is 2.15. The molecule has 23 heavy (non-hydrogen) atoms. The van der Waals surface area contributed by atoms with Crippen molar-refractivity contribution >= 4 is 23.2 Å². The number of nitrogens with one attached hydrogen (secondary N) is 2. The largest absolute Gasteiger partial charge is 0.484 e. The van der Waals surface area contributed by atoms with Gasteiger partial charge in [-0.2, -0.15) is 0 Å². The zero-order valence-electron chi connectivity index (χ0n) is 12.5. The number of ether oxygens (including phenoxy) is 2. The van der Waals surface area contributed by atoms with Crippen LogP contribution in [0.2, 0.25) is 0 Å². The van der Waals surface area contributed by atoms with Crippen LogP contribution in [0, 0.1) is 0 Å². The van der Waals surface area contributed by atoms with E-state index >= 15 is 0 Å². The summed E-state index contributed by atoms with van der Waals surface area (Å²) in [4.78, 5) is 23.5. The Labute approximate surface area is 133 Å². The molecular weight excluding hydrogens is 296 g/mol. The van der Waals surface area contributed by atoms with E-state index in [-0.39, 0.29) is 18.4 Å². The average Bonchev–Trinajstić information content (AvgIpc) is 2.55. The molecule has 2 aromatic carbocycles. The Morgan fingerprint density at radius 3 is 2.83 bits per heavy atom. The number of para-hydroxylation sites is 1. The predicted octanol–water partition coefficient (Wildman–Crippen LogP) is 2.42. The van der Waals surface area contributed by atoms with E-state index in [9.17, 15) is 9.59 Å². The number of fused-ring (bicyclic) bond motifs is 1. The second-order valence-corrected chi connectivity index (χ2v) is 5.11. The Morgan fingerprint density at radius 2 is 2.04 bits per heavy atom. The Morgan fingerprint density at radius 1 is 1.26 bits per heavy atom. The first kappa shape index (κ1) is 14.9. The summed E-state index contributed by atoms with van der Waals surface area (Å²) in [6.45, 7) is 1.58. The smallest absolute Gasteiger partial charge is 0.265 e. The molecule has 118 valence electrons. The van der Waals surface area contributed by atoms with Crippen LogP contribution in [-0.2, 0) is 9.59 Å². The van der Waals surface area contributed by atoms with Gasteiger partial charge in [-0.25, -0.2) is 0 Å². The average molecular weight is 312 g/mol. The SMILES string of the molecule is CC1Oc2ccc(NC(=O)COc3ccccc3)cc2NC1=O. The Bertz CT molecular complexity index is 731. The van der Waals surface area contributed by atoms with Gasteiger partial charge in [0.15, 0.2) is 12.7 Å². The first-order valence-corrected chi connectivity index (χ1v) is 7.21. The lowest BCUT2D eigenvalue weighted by molar-refractivity contribution is -0.122. The van der Waals surface area contributed by atoms with Crippen LogP contribution in [0.5, 0.6) is 11.5 Å². The number of amides is 2. The van der Waals surface area contributed by atoms with Gasteiger partial charge in [0.25, 0.3) is 11.8 Å². The van der Waals surface area contributed by atoms with Gasteiger partial charge in [-0.1, -0.05) is 18.2 Å². The molecule has 3 rings (SSSR count). The van der Waals surface area contributed by atoms with E-state index in [4.69, 9.17) is 9.47 Å². The number of carbonyl (C=O) groups excluding carboxylic acids is 2. The summed E-state index contributed by atoms with van der Waals surface area (Å²) in [6.07, 6.45) is -0.526.